The average Bonchev–Trinajstić information content (AvgIpc) is 3.04. The Bertz CT molecular complexity index is 700. The Morgan fingerprint density at radius 1 is 1.28 bits per heavy atom. The van der Waals surface area contributed by atoms with Crippen LogP contribution >= 0.6 is 58.1 Å². The number of nitrogens with one attached hydrogen (secondary N) is 1. The van der Waals surface area contributed by atoms with Gasteiger partial charge in [0.25, 0.3) is 0 Å². The van der Waals surface area contributed by atoms with Gasteiger partial charge in [-0.25, -0.2) is 0 Å². The largest absolute Gasteiger partial charge is 0.491 e. The third kappa shape index (κ3) is 7.62. The van der Waals surface area contributed by atoms with E-state index in [-0.39, 0.29) is 5.91 Å². The normalized spacial score (nSPS) is 10.7. The minimum Gasteiger partial charge on any atom is -0.491 e. The maximum Gasteiger partial charge on any atom is 0.230 e. The predicted molar refractivity (Wildman–Crippen MR) is 107 cm³/mol. The molecule has 0 unspecified atom stereocenters. The van der Waals surface area contributed by atoms with E-state index < -0.39 is 0 Å². The van der Waals surface area contributed by atoms with Crippen LogP contribution in [0.1, 0.15) is 13.3 Å². The van der Waals surface area contributed by atoms with Gasteiger partial charge in [-0.1, -0.05) is 65.0 Å². The van der Waals surface area contributed by atoms with Crippen LogP contribution in [0.5, 0.6) is 5.75 Å². The summed E-state index contributed by atoms with van der Waals surface area (Å²) in [7, 11) is 0. The quantitative estimate of drug-likeness (QED) is 0.431. The lowest BCUT2D eigenvalue weighted by molar-refractivity contribution is -0.118. The van der Waals surface area contributed by atoms with E-state index in [4.69, 9.17) is 27.9 Å². The maximum atomic E-state index is 11.6. The summed E-state index contributed by atoms with van der Waals surface area (Å²) in [6.45, 7) is 3.22. The topological polar surface area (TPSA) is 64.1 Å². The van der Waals surface area contributed by atoms with Crippen molar-refractivity contribution < 1.29 is 9.53 Å². The molecule has 0 atom stereocenters. The smallest absolute Gasteiger partial charge is 0.230 e. The number of benzene rings is 1. The molecule has 1 heterocycles. The van der Waals surface area contributed by atoms with Crippen LogP contribution < -0.4 is 10.1 Å². The van der Waals surface area contributed by atoms with Crippen LogP contribution in [0.4, 0.5) is 0 Å². The van der Waals surface area contributed by atoms with Gasteiger partial charge in [0.15, 0.2) is 8.68 Å². The highest BCUT2D eigenvalue weighted by Gasteiger charge is 2.09. The van der Waals surface area contributed by atoms with Crippen LogP contribution in [0.15, 0.2) is 26.9 Å². The van der Waals surface area contributed by atoms with Gasteiger partial charge in [-0.15, -0.1) is 10.2 Å². The first-order chi connectivity index (χ1) is 12.1. The Kier molecular flexibility index (Phi) is 9.19. The average molecular weight is 438 g/mol. The summed E-state index contributed by atoms with van der Waals surface area (Å²) in [4.78, 5) is 11.6. The minimum atomic E-state index is 0.0181. The Morgan fingerprint density at radius 2 is 2.04 bits per heavy atom. The van der Waals surface area contributed by atoms with Crippen LogP contribution in [0.25, 0.3) is 0 Å². The molecule has 1 N–H and O–H groups in total. The number of rotatable bonds is 10. The predicted octanol–water partition coefficient (Wildman–Crippen LogP) is 4.63. The van der Waals surface area contributed by atoms with Crippen LogP contribution in [0, 0.1) is 0 Å². The first-order valence-corrected chi connectivity index (χ1v) is 11.1. The van der Waals surface area contributed by atoms with Crippen LogP contribution in [0.3, 0.4) is 0 Å². The van der Waals surface area contributed by atoms with Gasteiger partial charge in [0, 0.05) is 17.3 Å². The summed E-state index contributed by atoms with van der Waals surface area (Å²) < 4.78 is 7.26. The summed E-state index contributed by atoms with van der Waals surface area (Å²) in [5.41, 5.74) is 0. The number of nitrogens with zero attached hydrogens (tertiary/aromatic N) is 2. The summed E-state index contributed by atoms with van der Waals surface area (Å²) in [6.07, 6.45) is 0.930. The molecule has 25 heavy (non-hydrogen) atoms. The van der Waals surface area contributed by atoms with E-state index in [1.54, 1.807) is 30.0 Å². The fourth-order valence-corrected chi connectivity index (χ4v) is 4.83. The van der Waals surface area contributed by atoms with Crippen LogP contribution in [-0.4, -0.2) is 40.8 Å². The number of amides is 1. The number of carbonyl (C=O) groups excluding carboxylic acids is 1. The Balaban J connectivity index is 1.68. The number of hydrogen-bond acceptors (Lipinski definition) is 7. The molecule has 0 spiro atoms. The Morgan fingerprint density at radius 3 is 2.76 bits per heavy atom. The summed E-state index contributed by atoms with van der Waals surface area (Å²) in [5.74, 6) is 1.70. The van der Waals surface area contributed by atoms with Crippen LogP contribution in [0.2, 0.25) is 10.0 Å². The van der Waals surface area contributed by atoms with Crippen molar-refractivity contribution in [3.8, 4) is 5.75 Å². The van der Waals surface area contributed by atoms with Crippen molar-refractivity contribution in [3.63, 3.8) is 0 Å². The van der Waals surface area contributed by atoms with E-state index >= 15 is 0 Å². The molecule has 10 heteroatoms. The van der Waals surface area contributed by atoms with E-state index in [1.807, 2.05) is 6.92 Å². The number of hydrogen-bond donors (Lipinski definition) is 1. The zero-order valence-electron chi connectivity index (χ0n) is 13.5. The zero-order valence-corrected chi connectivity index (χ0v) is 17.4. The number of aromatic nitrogens is 2. The minimum absolute atomic E-state index is 0.0181. The van der Waals surface area contributed by atoms with Crippen molar-refractivity contribution in [3.05, 3.63) is 28.2 Å². The van der Waals surface area contributed by atoms with Gasteiger partial charge >= 0.3 is 0 Å². The van der Waals surface area contributed by atoms with E-state index in [0.29, 0.717) is 34.7 Å². The van der Waals surface area contributed by atoms with Gasteiger partial charge in [-0.3, -0.25) is 4.79 Å². The second-order valence-electron chi connectivity index (χ2n) is 4.74. The molecule has 0 radical (unpaired) electrons. The van der Waals surface area contributed by atoms with Crippen molar-refractivity contribution in [1.82, 2.24) is 15.5 Å². The Hall–Kier alpha value is -0.670. The molecule has 2 aromatic rings. The van der Waals surface area contributed by atoms with Crippen molar-refractivity contribution in [2.75, 3.05) is 24.7 Å². The molecule has 0 saturated heterocycles. The highest BCUT2D eigenvalue weighted by molar-refractivity contribution is 8.03. The molecule has 0 bridgehead atoms. The molecular weight excluding hydrogens is 421 g/mol. The highest BCUT2D eigenvalue weighted by atomic mass is 35.5. The second-order valence-corrected chi connectivity index (χ2v) is 9.13. The number of halogens is 2. The van der Waals surface area contributed by atoms with E-state index in [0.717, 1.165) is 20.9 Å². The fraction of sp³-hybridized carbons (Fsp3) is 0.400. The van der Waals surface area contributed by atoms with Crippen molar-refractivity contribution in [1.29, 1.82) is 0 Å². The van der Waals surface area contributed by atoms with Crippen molar-refractivity contribution in [2.45, 2.75) is 22.0 Å². The van der Waals surface area contributed by atoms with Crippen molar-refractivity contribution >= 4 is 64.0 Å². The molecule has 0 aliphatic carbocycles. The third-order valence-corrected chi connectivity index (χ3v) is 6.43. The van der Waals surface area contributed by atoms with Gasteiger partial charge in [0.2, 0.25) is 5.91 Å². The molecule has 0 aliphatic heterocycles. The summed E-state index contributed by atoms with van der Waals surface area (Å²) >= 11 is 16.3. The fourth-order valence-electron chi connectivity index (χ4n) is 1.63. The third-order valence-electron chi connectivity index (χ3n) is 2.75. The van der Waals surface area contributed by atoms with E-state index in [2.05, 4.69) is 15.5 Å². The molecular formula is C15H17Cl2N3O2S3. The molecule has 0 fully saturated rings. The maximum absolute atomic E-state index is 11.6. The van der Waals surface area contributed by atoms with Gasteiger partial charge in [-0.05, 0) is 24.6 Å². The van der Waals surface area contributed by atoms with Crippen LogP contribution in [-0.2, 0) is 4.79 Å². The molecule has 1 aromatic carbocycles. The number of carbonyl (C=O) groups is 1. The highest BCUT2D eigenvalue weighted by Crippen LogP contribution is 2.30. The monoisotopic (exact) mass is 437 g/mol. The first kappa shape index (κ1) is 20.6. The SMILES string of the molecule is CCCNC(=O)CSc1nnc(SCCOc2ccc(Cl)cc2Cl)s1. The summed E-state index contributed by atoms with van der Waals surface area (Å²) in [5, 5.41) is 12.1. The molecule has 1 amide bonds. The van der Waals surface area contributed by atoms with Crippen molar-refractivity contribution in [2.24, 2.45) is 0 Å². The molecule has 2 rings (SSSR count). The lowest BCUT2D eigenvalue weighted by Crippen LogP contribution is -2.25. The van der Waals surface area contributed by atoms with E-state index in [9.17, 15) is 4.79 Å². The molecule has 136 valence electrons. The number of thioether (sulfide) groups is 2. The zero-order chi connectivity index (χ0) is 18.1. The first-order valence-electron chi connectivity index (χ1n) is 7.52. The van der Waals surface area contributed by atoms with Gasteiger partial charge in [0.1, 0.15) is 5.75 Å². The van der Waals surface area contributed by atoms with E-state index in [1.165, 1.54) is 23.1 Å². The molecule has 5 nitrogen and oxygen atoms in total. The van der Waals surface area contributed by atoms with Gasteiger partial charge in [-0.2, -0.15) is 0 Å². The lowest BCUT2D eigenvalue weighted by atomic mass is 10.3. The Labute approximate surface area is 169 Å². The lowest BCUT2D eigenvalue weighted by Gasteiger charge is -2.07. The molecule has 1 aromatic heterocycles. The van der Waals surface area contributed by atoms with Gasteiger partial charge < -0.3 is 10.1 Å². The second kappa shape index (κ2) is 11.1. The molecule has 0 aliphatic rings. The summed E-state index contributed by atoms with van der Waals surface area (Å²) in [6, 6.07) is 5.13. The molecule has 0 saturated carbocycles. The number of ether oxygens (including phenoxy) is 1. The standard InChI is InChI=1S/C15H17Cl2N3O2S3/c1-2-5-18-13(21)9-24-15-20-19-14(25-15)23-7-6-22-12-4-3-10(16)8-11(12)17/h3-4,8H,2,5-7,9H2,1H3,(H,18,21). The van der Waals surface area contributed by atoms with Gasteiger partial charge in [0.05, 0.1) is 17.4 Å².